The highest BCUT2D eigenvalue weighted by Gasteiger charge is 2.24. The summed E-state index contributed by atoms with van der Waals surface area (Å²) >= 11 is 6.82. The first kappa shape index (κ1) is 13.6. The molecule has 2 aromatic rings. The lowest BCUT2D eigenvalue weighted by molar-refractivity contribution is 0.0751. The molecular formula is C15H12Br2N2O. The van der Waals surface area contributed by atoms with E-state index in [4.69, 9.17) is 5.73 Å². The first-order valence-corrected chi connectivity index (χ1v) is 7.74. The lowest BCUT2D eigenvalue weighted by atomic mass is 10.1. The average Bonchev–Trinajstić information content (AvgIpc) is 2.79. The maximum absolute atomic E-state index is 12.6. The van der Waals surface area contributed by atoms with Gasteiger partial charge in [0.2, 0.25) is 0 Å². The van der Waals surface area contributed by atoms with Crippen LogP contribution >= 0.6 is 31.9 Å². The molecule has 0 spiro atoms. The third-order valence-corrected chi connectivity index (χ3v) is 4.27. The first-order chi connectivity index (χ1) is 9.52. The van der Waals surface area contributed by atoms with Crippen molar-refractivity contribution < 1.29 is 4.79 Å². The number of benzene rings is 2. The summed E-state index contributed by atoms with van der Waals surface area (Å²) in [5.74, 6) is 0.0294. The Bertz CT molecular complexity index is 680. The SMILES string of the molecule is Nc1ccc2c(c1)CN(C(=O)c1cc(Br)cc(Br)c1)C2. The summed E-state index contributed by atoms with van der Waals surface area (Å²) in [5, 5.41) is 0. The molecule has 3 rings (SSSR count). The van der Waals surface area contributed by atoms with Crippen molar-refractivity contribution >= 4 is 43.5 Å². The standard InChI is InChI=1S/C15H12Br2N2O/c16-12-3-10(4-13(17)6-12)15(20)19-7-9-1-2-14(18)5-11(9)8-19/h1-6H,7-8,18H2. The summed E-state index contributed by atoms with van der Waals surface area (Å²) in [6.07, 6.45) is 0. The molecule has 5 heteroatoms. The quantitative estimate of drug-likeness (QED) is 0.743. The van der Waals surface area contributed by atoms with Gasteiger partial charge < -0.3 is 10.6 Å². The van der Waals surface area contributed by atoms with E-state index < -0.39 is 0 Å². The lowest BCUT2D eigenvalue weighted by Gasteiger charge is -2.15. The van der Waals surface area contributed by atoms with E-state index in [-0.39, 0.29) is 5.91 Å². The zero-order valence-electron chi connectivity index (χ0n) is 10.6. The molecule has 1 amide bonds. The third kappa shape index (κ3) is 2.60. The second-order valence-corrected chi connectivity index (χ2v) is 6.68. The van der Waals surface area contributed by atoms with Gasteiger partial charge in [-0.3, -0.25) is 4.79 Å². The number of hydrogen-bond acceptors (Lipinski definition) is 2. The molecule has 0 bridgehead atoms. The molecule has 1 aliphatic heterocycles. The lowest BCUT2D eigenvalue weighted by Crippen LogP contribution is -2.25. The molecule has 0 saturated heterocycles. The molecule has 0 radical (unpaired) electrons. The van der Waals surface area contributed by atoms with E-state index in [2.05, 4.69) is 31.9 Å². The predicted octanol–water partition coefficient (Wildman–Crippen LogP) is 3.95. The van der Waals surface area contributed by atoms with Crippen molar-refractivity contribution in [2.24, 2.45) is 0 Å². The van der Waals surface area contributed by atoms with Gasteiger partial charge in [-0.25, -0.2) is 0 Å². The Morgan fingerprint density at radius 1 is 1.00 bits per heavy atom. The molecule has 0 aromatic heterocycles. The number of hydrogen-bond donors (Lipinski definition) is 1. The molecule has 2 aromatic carbocycles. The van der Waals surface area contributed by atoms with Crippen molar-refractivity contribution in [3.8, 4) is 0 Å². The topological polar surface area (TPSA) is 46.3 Å². The number of nitrogens with two attached hydrogens (primary N) is 1. The maximum atomic E-state index is 12.6. The Kier molecular flexibility index (Phi) is 3.56. The van der Waals surface area contributed by atoms with Crippen molar-refractivity contribution in [2.75, 3.05) is 5.73 Å². The van der Waals surface area contributed by atoms with Gasteiger partial charge in [-0.05, 0) is 41.5 Å². The van der Waals surface area contributed by atoms with Gasteiger partial charge in [0.05, 0.1) is 0 Å². The highest BCUT2D eigenvalue weighted by Crippen LogP contribution is 2.27. The molecular weight excluding hydrogens is 384 g/mol. The Morgan fingerprint density at radius 2 is 1.65 bits per heavy atom. The van der Waals surface area contributed by atoms with Crippen molar-refractivity contribution in [3.05, 3.63) is 62.0 Å². The number of amides is 1. The van der Waals surface area contributed by atoms with Gasteiger partial charge in [-0.2, -0.15) is 0 Å². The van der Waals surface area contributed by atoms with Crippen LogP contribution in [0.15, 0.2) is 45.3 Å². The molecule has 1 heterocycles. The van der Waals surface area contributed by atoms with Gasteiger partial charge in [0.15, 0.2) is 0 Å². The van der Waals surface area contributed by atoms with E-state index in [9.17, 15) is 4.79 Å². The number of rotatable bonds is 1. The van der Waals surface area contributed by atoms with Crippen molar-refractivity contribution in [1.82, 2.24) is 4.90 Å². The van der Waals surface area contributed by atoms with E-state index in [0.29, 0.717) is 18.7 Å². The smallest absolute Gasteiger partial charge is 0.254 e. The molecule has 0 aliphatic carbocycles. The van der Waals surface area contributed by atoms with Crippen LogP contribution in [0.4, 0.5) is 5.69 Å². The summed E-state index contributed by atoms with van der Waals surface area (Å²) in [6, 6.07) is 11.4. The third-order valence-electron chi connectivity index (χ3n) is 3.35. The largest absolute Gasteiger partial charge is 0.399 e. The Balaban J connectivity index is 1.87. The van der Waals surface area contributed by atoms with Gasteiger partial charge >= 0.3 is 0 Å². The van der Waals surface area contributed by atoms with E-state index in [1.165, 1.54) is 5.56 Å². The minimum atomic E-state index is 0.0294. The number of anilines is 1. The van der Waals surface area contributed by atoms with Crippen LogP contribution < -0.4 is 5.73 Å². The molecule has 20 heavy (non-hydrogen) atoms. The fraction of sp³-hybridized carbons (Fsp3) is 0.133. The number of halogens is 2. The van der Waals surface area contributed by atoms with E-state index >= 15 is 0 Å². The second-order valence-electron chi connectivity index (χ2n) is 4.85. The van der Waals surface area contributed by atoms with Gasteiger partial charge in [-0.15, -0.1) is 0 Å². The average molecular weight is 396 g/mol. The van der Waals surface area contributed by atoms with Crippen LogP contribution in [0.2, 0.25) is 0 Å². The summed E-state index contributed by atoms with van der Waals surface area (Å²) < 4.78 is 1.77. The maximum Gasteiger partial charge on any atom is 0.254 e. The van der Waals surface area contributed by atoms with Crippen LogP contribution in [-0.4, -0.2) is 10.8 Å². The molecule has 3 nitrogen and oxygen atoms in total. The molecule has 0 fully saturated rings. The fourth-order valence-electron chi connectivity index (χ4n) is 2.42. The molecule has 2 N–H and O–H groups in total. The molecule has 1 aliphatic rings. The molecule has 0 atom stereocenters. The first-order valence-electron chi connectivity index (χ1n) is 6.15. The monoisotopic (exact) mass is 394 g/mol. The Morgan fingerprint density at radius 3 is 2.35 bits per heavy atom. The summed E-state index contributed by atoms with van der Waals surface area (Å²) in [4.78, 5) is 14.4. The van der Waals surface area contributed by atoms with Gasteiger partial charge in [0.1, 0.15) is 0 Å². The fourth-order valence-corrected chi connectivity index (χ4v) is 3.71. The number of carbonyl (C=O) groups excluding carboxylic acids is 1. The Hall–Kier alpha value is -1.33. The number of nitrogens with zero attached hydrogens (tertiary/aromatic N) is 1. The van der Waals surface area contributed by atoms with E-state index in [0.717, 1.165) is 20.2 Å². The van der Waals surface area contributed by atoms with Crippen molar-refractivity contribution in [2.45, 2.75) is 13.1 Å². The van der Waals surface area contributed by atoms with E-state index in [1.807, 2.05) is 41.3 Å². The normalized spacial score (nSPS) is 13.4. The molecule has 0 unspecified atom stereocenters. The zero-order chi connectivity index (χ0) is 14.3. The summed E-state index contributed by atoms with van der Waals surface area (Å²) in [5.41, 5.74) is 9.50. The van der Waals surface area contributed by atoms with Crippen LogP contribution in [-0.2, 0) is 13.1 Å². The minimum Gasteiger partial charge on any atom is -0.399 e. The Labute approximate surface area is 134 Å². The van der Waals surface area contributed by atoms with Crippen LogP contribution in [0.3, 0.4) is 0 Å². The zero-order valence-corrected chi connectivity index (χ0v) is 13.7. The van der Waals surface area contributed by atoms with Crippen LogP contribution in [0, 0.1) is 0 Å². The second kappa shape index (κ2) is 5.22. The van der Waals surface area contributed by atoms with E-state index in [1.54, 1.807) is 0 Å². The predicted molar refractivity (Wildman–Crippen MR) is 86.3 cm³/mol. The van der Waals surface area contributed by atoms with Gasteiger partial charge in [0.25, 0.3) is 5.91 Å². The van der Waals surface area contributed by atoms with Crippen LogP contribution in [0.5, 0.6) is 0 Å². The van der Waals surface area contributed by atoms with Crippen LogP contribution in [0.25, 0.3) is 0 Å². The summed E-state index contributed by atoms with van der Waals surface area (Å²) in [7, 11) is 0. The number of nitrogen functional groups attached to an aromatic ring is 1. The highest BCUT2D eigenvalue weighted by atomic mass is 79.9. The van der Waals surface area contributed by atoms with Gasteiger partial charge in [-0.1, -0.05) is 37.9 Å². The van der Waals surface area contributed by atoms with Gasteiger partial charge in [0, 0.05) is 33.3 Å². The number of carbonyl (C=O) groups is 1. The van der Waals surface area contributed by atoms with Crippen molar-refractivity contribution in [1.29, 1.82) is 0 Å². The molecule has 102 valence electrons. The number of fused-ring (bicyclic) bond motifs is 1. The molecule has 0 saturated carbocycles. The van der Waals surface area contributed by atoms with Crippen LogP contribution in [0.1, 0.15) is 21.5 Å². The summed E-state index contributed by atoms with van der Waals surface area (Å²) in [6.45, 7) is 1.25. The highest BCUT2D eigenvalue weighted by molar-refractivity contribution is 9.11. The minimum absolute atomic E-state index is 0.0294. The van der Waals surface area contributed by atoms with Crippen molar-refractivity contribution in [3.63, 3.8) is 0 Å².